The predicted molar refractivity (Wildman–Crippen MR) is 217 cm³/mol. The van der Waals surface area contributed by atoms with Crippen molar-refractivity contribution in [1.82, 2.24) is 19.9 Å². The van der Waals surface area contributed by atoms with E-state index in [2.05, 4.69) is 181 Å². The highest BCUT2D eigenvalue weighted by atomic mass is 14.8. The highest BCUT2D eigenvalue weighted by molar-refractivity contribution is 5.99. The van der Waals surface area contributed by atoms with Crippen LogP contribution in [0.1, 0.15) is 42.2 Å². The van der Waals surface area contributed by atoms with Crippen LogP contribution in [0, 0.1) is 6.92 Å². The minimum Gasteiger partial charge on any atom is -0.354 e. The normalized spacial score (nSPS) is 11.7. The van der Waals surface area contributed by atoms with E-state index in [1.807, 2.05) is 13.8 Å². The van der Waals surface area contributed by atoms with Crippen LogP contribution in [0.5, 0.6) is 0 Å². The monoisotopic (exact) mass is 658 g/mol. The van der Waals surface area contributed by atoms with Crippen molar-refractivity contribution in [1.29, 1.82) is 0 Å². The molecule has 246 valence electrons. The molecule has 0 aliphatic carbocycles. The second-order valence-corrected chi connectivity index (χ2v) is 12.5. The molecule has 0 unspecified atom stereocenters. The number of H-pyrrole nitrogens is 2. The first kappa shape index (κ1) is 31.7. The van der Waals surface area contributed by atoms with E-state index in [4.69, 9.17) is 9.97 Å². The summed E-state index contributed by atoms with van der Waals surface area (Å²) in [6.07, 6.45) is 8.57. The van der Waals surface area contributed by atoms with Crippen molar-refractivity contribution in [2.75, 3.05) is 0 Å². The van der Waals surface area contributed by atoms with Gasteiger partial charge in [-0.15, -0.1) is 0 Å². The van der Waals surface area contributed by atoms with Gasteiger partial charge in [0.05, 0.1) is 22.8 Å². The van der Waals surface area contributed by atoms with E-state index >= 15 is 0 Å². The van der Waals surface area contributed by atoms with Crippen molar-refractivity contribution in [3.05, 3.63) is 168 Å². The maximum absolute atomic E-state index is 5.38. The summed E-state index contributed by atoms with van der Waals surface area (Å²) in [5, 5.41) is 0. The molecule has 2 aliphatic rings. The van der Waals surface area contributed by atoms with Crippen LogP contribution in [0.3, 0.4) is 0 Å². The number of aromatic nitrogens is 4. The second kappa shape index (κ2) is 13.8. The van der Waals surface area contributed by atoms with Crippen molar-refractivity contribution >= 4 is 46.4 Å². The molecule has 7 aromatic rings. The lowest BCUT2D eigenvalue weighted by molar-refractivity contribution is 1.31. The zero-order chi connectivity index (χ0) is 34.7. The molecule has 2 aliphatic heterocycles. The Morgan fingerprint density at radius 2 is 0.667 bits per heavy atom. The molecule has 8 bridgehead atoms. The Morgan fingerprint density at radius 3 is 1.00 bits per heavy atom. The molecule has 0 saturated heterocycles. The van der Waals surface area contributed by atoms with Crippen LogP contribution in [-0.2, 0) is 0 Å². The molecule has 0 amide bonds. The van der Waals surface area contributed by atoms with Crippen LogP contribution in [-0.4, -0.2) is 19.9 Å². The number of nitrogens with one attached hydrogen (secondary N) is 2. The molecule has 4 aromatic carbocycles. The molecule has 0 spiro atoms. The fourth-order valence-electron chi connectivity index (χ4n) is 7.04. The number of fused-ring (bicyclic) bond motifs is 8. The molecule has 0 fully saturated rings. The van der Waals surface area contributed by atoms with Gasteiger partial charge in [-0.1, -0.05) is 135 Å². The van der Waals surface area contributed by atoms with Gasteiger partial charge in [-0.2, -0.15) is 0 Å². The number of hydrogen-bond donors (Lipinski definition) is 2. The molecule has 51 heavy (non-hydrogen) atoms. The lowest BCUT2D eigenvalue weighted by Crippen LogP contribution is -1.89. The van der Waals surface area contributed by atoms with Crippen molar-refractivity contribution in [2.45, 2.75) is 20.8 Å². The van der Waals surface area contributed by atoms with Gasteiger partial charge in [-0.25, -0.2) is 9.97 Å². The van der Waals surface area contributed by atoms with Gasteiger partial charge < -0.3 is 9.97 Å². The molecule has 4 nitrogen and oxygen atoms in total. The zero-order valence-electron chi connectivity index (χ0n) is 29.0. The fraction of sp³-hybridized carbons (Fsp3) is 0.0638. The first-order valence-electron chi connectivity index (χ1n) is 17.6. The third-order valence-electron chi connectivity index (χ3n) is 9.25. The molecule has 0 atom stereocenters. The Balaban J connectivity index is 0.00000184. The molecule has 2 N–H and O–H groups in total. The Kier molecular flexibility index (Phi) is 8.57. The minimum atomic E-state index is 0.906. The van der Waals surface area contributed by atoms with Gasteiger partial charge in [-0.05, 0) is 77.7 Å². The van der Waals surface area contributed by atoms with Gasteiger partial charge in [-0.3, -0.25) is 0 Å². The van der Waals surface area contributed by atoms with Gasteiger partial charge >= 0.3 is 0 Å². The molecule has 9 rings (SSSR count). The first-order chi connectivity index (χ1) is 25.2. The standard InChI is InChI=1S/C45H32N4.C2H6/c1-29-12-11-19-33(28-29)45-40-26-24-38(48-40)43(31-15-7-3-8-16-31)36-22-20-34(46-36)42(30-13-5-2-6-14-30)35-21-23-37(47-35)44(32-17-9-4-10-18-32)39-25-27-41(45)49-39;1-2/h2-28,46,49H,1H3;1-2H3. The summed E-state index contributed by atoms with van der Waals surface area (Å²) >= 11 is 0. The van der Waals surface area contributed by atoms with Gasteiger partial charge in [0.1, 0.15) is 0 Å². The predicted octanol–water partition coefficient (Wildman–Crippen LogP) is 12.7. The highest BCUT2D eigenvalue weighted by Crippen LogP contribution is 2.38. The topological polar surface area (TPSA) is 57.4 Å². The third kappa shape index (κ3) is 6.02. The smallest absolute Gasteiger partial charge is 0.0737 e. The molecule has 3 aromatic heterocycles. The van der Waals surface area contributed by atoms with Crippen LogP contribution >= 0.6 is 0 Å². The SMILES string of the molecule is CC.Cc1cccc(-c2c3nc(c(-c4ccccc4)c4ccc([nH]4)c(-c4ccccc4)c4nc(c(-c5ccccc5)c5ccc2[nH]5)C=C4)C=C3)c1. The number of aromatic amines is 2. The number of rotatable bonds is 4. The number of hydrogen-bond acceptors (Lipinski definition) is 2. The summed E-state index contributed by atoms with van der Waals surface area (Å²) in [6, 6.07) is 48.9. The maximum atomic E-state index is 5.38. The fourth-order valence-corrected chi connectivity index (χ4v) is 7.04. The van der Waals surface area contributed by atoms with Crippen molar-refractivity contribution in [3.8, 4) is 44.5 Å². The van der Waals surface area contributed by atoms with Crippen molar-refractivity contribution in [2.24, 2.45) is 0 Å². The Labute approximate surface area is 298 Å². The molecule has 0 radical (unpaired) electrons. The molecule has 4 heteroatoms. The number of nitrogens with zero attached hydrogens (tertiary/aromatic N) is 2. The summed E-state index contributed by atoms with van der Waals surface area (Å²) in [5.74, 6) is 0. The Morgan fingerprint density at radius 1 is 0.353 bits per heavy atom. The van der Waals surface area contributed by atoms with Crippen LogP contribution < -0.4 is 0 Å². The zero-order valence-corrected chi connectivity index (χ0v) is 29.0. The van der Waals surface area contributed by atoms with Crippen LogP contribution in [0.15, 0.2) is 140 Å². The summed E-state index contributed by atoms with van der Waals surface area (Å²) in [4.78, 5) is 18.4. The van der Waals surface area contributed by atoms with Crippen LogP contribution in [0.25, 0.3) is 90.9 Å². The van der Waals surface area contributed by atoms with Gasteiger partial charge in [0.2, 0.25) is 0 Å². The maximum Gasteiger partial charge on any atom is 0.0737 e. The summed E-state index contributed by atoms with van der Waals surface area (Å²) in [7, 11) is 0. The molecule has 5 heterocycles. The Bertz CT molecular complexity index is 2550. The highest BCUT2D eigenvalue weighted by Gasteiger charge is 2.18. The molecule has 0 saturated carbocycles. The minimum absolute atomic E-state index is 0.906. The summed E-state index contributed by atoms with van der Waals surface area (Å²) in [6.45, 7) is 6.13. The summed E-state index contributed by atoms with van der Waals surface area (Å²) < 4.78 is 0. The van der Waals surface area contributed by atoms with E-state index in [-0.39, 0.29) is 0 Å². The average molecular weight is 659 g/mol. The average Bonchev–Trinajstić information content (AvgIpc) is 4.02. The molecular formula is C47H38N4. The van der Waals surface area contributed by atoms with E-state index in [0.29, 0.717) is 0 Å². The second-order valence-electron chi connectivity index (χ2n) is 12.5. The van der Waals surface area contributed by atoms with Gasteiger partial charge in [0.25, 0.3) is 0 Å². The molecular weight excluding hydrogens is 621 g/mol. The lowest BCUT2D eigenvalue weighted by atomic mass is 10.0. The van der Waals surface area contributed by atoms with E-state index in [1.54, 1.807) is 0 Å². The van der Waals surface area contributed by atoms with E-state index in [1.165, 1.54) is 5.56 Å². The van der Waals surface area contributed by atoms with Gasteiger partial charge in [0, 0.05) is 44.3 Å². The van der Waals surface area contributed by atoms with E-state index < -0.39 is 0 Å². The van der Waals surface area contributed by atoms with E-state index in [9.17, 15) is 0 Å². The quantitative estimate of drug-likeness (QED) is 0.198. The van der Waals surface area contributed by atoms with Crippen molar-refractivity contribution in [3.63, 3.8) is 0 Å². The third-order valence-corrected chi connectivity index (χ3v) is 9.25. The van der Waals surface area contributed by atoms with Gasteiger partial charge in [0.15, 0.2) is 0 Å². The summed E-state index contributed by atoms with van der Waals surface area (Å²) in [5.41, 5.74) is 17.4. The Hall–Kier alpha value is -6.52. The number of aryl methyl sites for hydroxylation is 1. The lowest BCUT2D eigenvalue weighted by Gasteiger charge is -2.07. The first-order valence-corrected chi connectivity index (χ1v) is 17.6. The number of benzene rings is 4. The van der Waals surface area contributed by atoms with Crippen molar-refractivity contribution < 1.29 is 0 Å². The van der Waals surface area contributed by atoms with Crippen LogP contribution in [0.2, 0.25) is 0 Å². The largest absolute Gasteiger partial charge is 0.354 e. The van der Waals surface area contributed by atoms with Crippen LogP contribution in [0.4, 0.5) is 0 Å². The van der Waals surface area contributed by atoms with E-state index in [0.717, 1.165) is 89.4 Å².